The molecule has 5 heteroatoms. The monoisotopic (exact) mass is 288 g/mol. The van der Waals surface area contributed by atoms with Crippen molar-refractivity contribution in [2.24, 2.45) is 7.05 Å². The number of ketones is 1. The van der Waals surface area contributed by atoms with Crippen LogP contribution in [0.3, 0.4) is 0 Å². The summed E-state index contributed by atoms with van der Waals surface area (Å²) in [6.07, 6.45) is 8.58. The van der Waals surface area contributed by atoms with Gasteiger partial charge in [-0.2, -0.15) is 5.10 Å². The number of ether oxygens (including phenoxy) is 1. The molecule has 1 aromatic carbocycles. The smallest absolute Gasteiger partial charge is 0.189 e. The van der Waals surface area contributed by atoms with E-state index >= 15 is 0 Å². The average molecular weight is 288 g/mol. The summed E-state index contributed by atoms with van der Waals surface area (Å²) in [5, 5.41) is 3.98. The van der Waals surface area contributed by atoms with Crippen LogP contribution >= 0.6 is 11.8 Å². The van der Waals surface area contributed by atoms with Gasteiger partial charge in [0, 0.05) is 18.1 Å². The third kappa shape index (κ3) is 3.30. The molecule has 0 radical (unpaired) electrons. The summed E-state index contributed by atoms with van der Waals surface area (Å²) in [4.78, 5) is 13.0. The number of hydrogen-bond donors (Lipinski definition) is 0. The maximum atomic E-state index is 11.9. The van der Waals surface area contributed by atoms with E-state index in [0.717, 1.165) is 16.2 Å². The maximum absolute atomic E-state index is 11.9. The van der Waals surface area contributed by atoms with Gasteiger partial charge in [0.15, 0.2) is 5.78 Å². The van der Waals surface area contributed by atoms with Crippen molar-refractivity contribution in [2.45, 2.75) is 4.90 Å². The molecule has 0 saturated carbocycles. The number of aryl methyl sites for hydroxylation is 1. The minimum absolute atomic E-state index is 0.0639. The van der Waals surface area contributed by atoms with E-state index in [9.17, 15) is 4.79 Å². The van der Waals surface area contributed by atoms with E-state index in [0.29, 0.717) is 5.56 Å². The van der Waals surface area contributed by atoms with E-state index in [4.69, 9.17) is 4.74 Å². The van der Waals surface area contributed by atoms with E-state index in [1.807, 2.05) is 24.5 Å². The van der Waals surface area contributed by atoms with Crippen molar-refractivity contribution in [3.8, 4) is 5.75 Å². The van der Waals surface area contributed by atoms with Crippen LogP contribution in [0.2, 0.25) is 0 Å². The highest BCUT2D eigenvalue weighted by Gasteiger charge is 2.05. The van der Waals surface area contributed by atoms with Crippen LogP contribution < -0.4 is 4.74 Å². The molecular formula is C15H16N2O2S. The van der Waals surface area contributed by atoms with Crippen molar-refractivity contribution < 1.29 is 9.53 Å². The van der Waals surface area contributed by atoms with Crippen molar-refractivity contribution in [3.63, 3.8) is 0 Å². The molecule has 0 aliphatic rings. The SMILES string of the molecule is COc1cc(/C=C/C(=O)c2cnn(C)c2)ccc1SC. The zero-order valence-corrected chi connectivity index (χ0v) is 12.5. The quantitative estimate of drug-likeness (QED) is 0.482. The predicted molar refractivity (Wildman–Crippen MR) is 81.3 cm³/mol. The topological polar surface area (TPSA) is 44.1 Å². The van der Waals surface area contributed by atoms with Crippen molar-refractivity contribution >= 4 is 23.6 Å². The van der Waals surface area contributed by atoms with Crippen LogP contribution in [0, 0.1) is 0 Å². The molecule has 2 rings (SSSR count). The summed E-state index contributed by atoms with van der Waals surface area (Å²) in [5.41, 5.74) is 1.51. The van der Waals surface area contributed by atoms with Crippen molar-refractivity contribution in [3.05, 3.63) is 47.8 Å². The number of benzene rings is 1. The molecule has 0 unspecified atom stereocenters. The number of thioether (sulfide) groups is 1. The Labute approximate surface area is 122 Å². The van der Waals surface area contributed by atoms with Crippen LogP contribution in [0.5, 0.6) is 5.75 Å². The second-order valence-corrected chi connectivity index (χ2v) is 5.06. The standard InChI is InChI=1S/C15H16N2O2S/c1-17-10-12(9-16-17)13(18)6-4-11-5-7-15(20-3)14(8-11)19-2/h4-10H,1-3H3/b6-4+. The minimum Gasteiger partial charge on any atom is -0.496 e. The van der Waals surface area contributed by atoms with Gasteiger partial charge in [-0.3, -0.25) is 9.48 Å². The molecule has 104 valence electrons. The Morgan fingerprint density at radius 3 is 2.85 bits per heavy atom. The van der Waals surface area contributed by atoms with Crippen molar-refractivity contribution in [1.82, 2.24) is 9.78 Å². The molecule has 0 bridgehead atoms. The van der Waals surface area contributed by atoms with E-state index in [2.05, 4.69) is 5.10 Å². The molecule has 0 saturated heterocycles. The van der Waals surface area contributed by atoms with Crippen LogP contribution in [0.1, 0.15) is 15.9 Å². The Morgan fingerprint density at radius 2 is 2.25 bits per heavy atom. The number of hydrogen-bond acceptors (Lipinski definition) is 4. The Morgan fingerprint density at radius 1 is 1.45 bits per heavy atom. The lowest BCUT2D eigenvalue weighted by molar-refractivity contribution is 0.104. The number of methoxy groups -OCH3 is 1. The lowest BCUT2D eigenvalue weighted by atomic mass is 10.1. The molecular weight excluding hydrogens is 272 g/mol. The third-order valence-corrected chi connectivity index (χ3v) is 3.60. The Kier molecular flexibility index (Phi) is 4.63. The second-order valence-electron chi connectivity index (χ2n) is 4.21. The van der Waals surface area contributed by atoms with Gasteiger partial charge < -0.3 is 4.74 Å². The molecule has 1 heterocycles. The van der Waals surface area contributed by atoms with Gasteiger partial charge in [0.1, 0.15) is 5.75 Å². The van der Waals surface area contributed by atoms with Gasteiger partial charge in [-0.1, -0.05) is 12.1 Å². The first kappa shape index (κ1) is 14.4. The fraction of sp³-hybridized carbons (Fsp3) is 0.200. The molecule has 0 aliphatic carbocycles. The zero-order chi connectivity index (χ0) is 14.5. The summed E-state index contributed by atoms with van der Waals surface area (Å²) in [7, 11) is 3.43. The van der Waals surface area contributed by atoms with Crippen LogP contribution in [-0.4, -0.2) is 28.9 Å². The molecule has 0 atom stereocenters. The molecule has 1 aromatic heterocycles. The Bertz CT molecular complexity index is 647. The first-order chi connectivity index (χ1) is 9.63. The Hall–Kier alpha value is -2.01. The van der Waals surface area contributed by atoms with E-state index in [1.54, 1.807) is 55.1 Å². The van der Waals surface area contributed by atoms with Crippen LogP contribution in [0.4, 0.5) is 0 Å². The van der Waals surface area contributed by atoms with Crippen molar-refractivity contribution in [1.29, 1.82) is 0 Å². The number of carbonyl (C=O) groups excluding carboxylic acids is 1. The fourth-order valence-corrected chi connectivity index (χ4v) is 2.32. The van der Waals surface area contributed by atoms with Gasteiger partial charge in [0.2, 0.25) is 0 Å². The largest absolute Gasteiger partial charge is 0.496 e. The van der Waals surface area contributed by atoms with E-state index in [-0.39, 0.29) is 5.78 Å². The normalized spacial score (nSPS) is 10.9. The molecule has 2 aromatic rings. The first-order valence-electron chi connectivity index (χ1n) is 6.07. The van der Waals surface area contributed by atoms with Crippen LogP contribution in [0.25, 0.3) is 6.08 Å². The zero-order valence-electron chi connectivity index (χ0n) is 11.7. The number of allylic oxidation sites excluding steroid dienone is 1. The summed E-state index contributed by atoms with van der Waals surface area (Å²) in [5.74, 6) is 0.750. The summed E-state index contributed by atoms with van der Waals surface area (Å²) in [6.45, 7) is 0. The first-order valence-corrected chi connectivity index (χ1v) is 7.29. The molecule has 0 amide bonds. The molecule has 0 spiro atoms. The minimum atomic E-state index is -0.0639. The lowest BCUT2D eigenvalue weighted by Crippen LogP contribution is -1.92. The highest BCUT2D eigenvalue weighted by atomic mass is 32.2. The van der Waals surface area contributed by atoms with Gasteiger partial charge in [-0.15, -0.1) is 11.8 Å². The highest BCUT2D eigenvalue weighted by Crippen LogP contribution is 2.28. The predicted octanol–water partition coefficient (Wildman–Crippen LogP) is 3.05. The number of aromatic nitrogens is 2. The van der Waals surface area contributed by atoms with E-state index in [1.165, 1.54) is 0 Å². The Balaban J connectivity index is 2.17. The number of carbonyl (C=O) groups is 1. The number of rotatable bonds is 5. The van der Waals surface area contributed by atoms with Gasteiger partial charge in [0.05, 0.1) is 18.9 Å². The second kappa shape index (κ2) is 6.43. The van der Waals surface area contributed by atoms with E-state index < -0.39 is 0 Å². The lowest BCUT2D eigenvalue weighted by Gasteiger charge is -2.06. The van der Waals surface area contributed by atoms with Crippen LogP contribution in [0.15, 0.2) is 41.6 Å². The van der Waals surface area contributed by atoms with Gasteiger partial charge in [-0.25, -0.2) is 0 Å². The molecule has 0 N–H and O–H groups in total. The number of nitrogens with zero attached hydrogens (tertiary/aromatic N) is 2. The maximum Gasteiger partial charge on any atom is 0.189 e. The average Bonchev–Trinajstić information content (AvgIpc) is 2.91. The summed E-state index contributed by atoms with van der Waals surface area (Å²) >= 11 is 1.63. The molecule has 0 aliphatic heterocycles. The van der Waals surface area contributed by atoms with Crippen molar-refractivity contribution in [2.75, 3.05) is 13.4 Å². The fourth-order valence-electron chi connectivity index (χ4n) is 1.77. The van der Waals surface area contributed by atoms with Gasteiger partial charge in [0.25, 0.3) is 0 Å². The summed E-state index contributed by atoms with van der Waals surface area (Å²) < 4.78 is 6.93. The molecule has 0 fully saturated rings. The van der Waals surface area contributed by atoms with Gasteiger partial charge >= 0.3 is 0 Å². The molecule has 4 nitrogen and oxygen atoms in total. The third-order valence-electron chi connectivity index (χ3n) is 2.82. The highest BCUT2D eigenvalue weighted by molar-refractivity contribution is 7.98. The molecule has 20 heavy (non-hydrogen) atoms. The summed E-state index contributed by atoms with van der Waals surface area (Å²) in [6, 6.07) is 5.86. The van der Waals surface area contributed by atoms with Gasteiger partial charge in [-0.05, 0) is 30.0 Å². The van der Waals surface area contributed by atoms with Crippen LogP contribution in [-0.2, 0) is 7.05 Å².